The molecular weight excluding hydrogens is 324 g/mol. The number of rotatable bonds is 5. The van der Waals surface area contributed by atoms with E-state index in [1.165, 1.54) is 14.2 Å². The average molecular weight is 340 g/mol. The van der Waals surface area contributed by atoms with Gasteiger partial charge in [0.15, 0.2) is 23.1 Å². The van der Waals surface area contributed by atoms with E-state index >= 15 is 0 Å². The summed E-state index contributed by atoms with van der Waals surface area (Å²) >= 11 is 0. The van der Waals surface area contributed by atoms with Gasteiger partial charge in [0.1, 0.15) is 0 Å². The highest BCUT2D eigenvalue weighted by molar-refractivity contribution is 6.46. The van der Waals surface area contributed by atoms with Crippen LogP contribution in [0.4, 0.5) is 5.69 Å². The van der Waals surface area contributed by atoms with E-state index in [0.29, 0.717) is 28.1 Å². The van der Waals surface area contributed by atoms with E-state index in [2.05, 4.69) is 9.98 Å². The lowest BCUT2D eigenvalue weighted by Gasteiger charge is -2.08. The van der Waals surface area contributed by atoms with Crippen molar-refractivity contribution >= 4 is 28.3 Å². The van der Waals surface area contributed by atoms with Crippen LogP contribution in [0.2, 0.25) is 0 Å². The maximum absolute atomic E-state index is 11.8. The number of benzene rings is 2. The predicted octanol–water partition coefficient (Wildman–Crippen LogP) is 3.10. The Bertz CT molecular complexity index is 961. The first-order valence-corrected chi connectivity index (χ1v) is 7.39. The molecule has 0 fully saturated rings. The highest BCUT2D eigenvalue weighted by atomic mass is 16.5. The van der Waals surface area contributed by atoms with Gasteiger partial charge in [0.05, 0.1) is 31.0 Å². The van der Waals surface area contributed by atoms with Crippen LogP contribution in [0.5, 0.6) is 17.4 Å². The molecule has 7 nitrogen and oxygen atoms in total. The van der Waals surface area contributed by atoms with Crippen LogP contribution in [0.3, 0.4) is 0 Å². The van der Waals surface area contributed by atoms with Crippen molar-refractivity contribution in [3.05, 3.63) is 48.0 Å². The fourth-order valence-electron chi connectivity index (χ4n) is 2.59. The molecule has 0 spiro atoms. The monoisotopic (exact) mass is 340 g/mol. The number of ether oxygens (including phenoxy) is 2. The largest absolute Gasteiger partial charge is 0.494 e. The first-order valence-electron chi connectivity index (χ1n) is 7.39. The third-order valence-electron chi connectivity index (χ3n) is 3.72. The molecule has 3 N–H and O–H groups in total. The highest BCUT2D eigenvalue weighted by Gasteiger charge is 2.24. The van der Waals surface area contributed by atoms with Crippen LogP contribution < -0.4 is 9.47 Å². The van der Waals surface area contributed by atoms with Crippen LogP contribution in [-0.2, 0) is 4.79 Å². The number of fused-ring (bicyclic) bond motifs is 1. The van der Waals surface area contributed by atoms with Gasteiger partial charge in [0.25, 0.3) is 0 Å². The number of nitrogens with one attached hydrogen (secondary N) is 1. The Hall–Kier alpha value is -3.48. The molecule has 3 rings (SSSR count). The molecule has 1 heterocycles. The highest BCUT2D eigenvalue weighted by Crippen LogP contribution is 2.37. The minimum absolute atomic E-state index is 0.0901. The van der Waals surface area contributed by atoms with Crippen molar-refractivity contribution in [1.29, 1.82) is 0 Å². The summed E-state index contributed by atoms with van der Waals surface area (Å²) in [6.07, 6.45) is 0. The molecule has 0 unspecified atom stereocenters. The van der Waals surface area contributed by atoms with Crippen LogP contribution in [0.1, 0.15) is 5.56 Å². The van der Waals surface area contributed by atoms with Gasteiger partial charge in [-0.3, -0.25) is 0 Å². The molecule has 3 aromatic rings. The van der Waals surface area contributed by atoms with Gasteiger partial charge >= 0.3 is 5.97 Å². The molecule has 0 aliphatic heterocycles. The van der Waals surface area contributed by atoms with E-state index in [-0.39, 0.29) is 17.2 Å². The lowest BCUT2D eigenvalue weighted by atomic mass is 10.1. The minimum atomic E-state index is -1.25. The number of aromatic hydroxyl groups is 1. The molecule has 0 aliphatic rings. The smallest absolute Gasteiger partial charge is 0.355 e. The van der Waals surface area contributed by atoms with Crippen LogP contribution in [0.15, 0.2) is 47.5 Å². The Labute approximate surface area is 143 Å². The molecule has 0 saturated carbocycles. The number of para-hydroxylation sites is 1. The van der Waals surface area contributed by atoms with E-state index in [9.17, 15) is 15.0 Å². The quantitative estimate of drug-likeness (QED) is 0.619. The topological polar surface area (TPSA) is 104 Å². The number of aromatic nitrogens is 1. The van der Waals surface area contributed by atoms with Gasteiger partial charge in [0, 0.05) is 11.5 Å². The van der Waals surface area contributed by atoms with Gasteiger partial charge in [-0.1, -0.05) is 18.2 Å². The summed E-state index contributed by atoms with van der Waals surface area (Å²) in [5.74, 6) is -0.670. The average Bonchev–Trinajstić information content (AvgIpc) is 2.93. The van der Waals surface area contributed by atoms with E-state index in [4.69, 9.17) is 9.47 Å². The van der Waals surface area contributed by atoms with Crippen molar-refractivity contribution in [1.82, 2.24) is 4.98 Å². The van der Waals surface area contributed by atoms with Crippen LogP contribution >= 0.6 is 0 Å². The first-order chi connectivity index (χ1) is 12.0. The fraction of sp³-hybridized carbons (Fsp3) is 0.111. The normalized spacial score (nSPS) is 11.5. The van der Waals surface area contributed by atoms with Gasteiger partial charge in [-0.05, 0) is 18.2 Å². The fourth-order valence-corrected chi connectivity index (χ4v) is 2.59. The van der Waals surface area contributed by atoms with Gasteiger partial charge in [0.2, 0.25) is 0 Å². The number of carboxylic acids is 1. The lowest BCUT2D eigenvalue weighted by Crippen LogP contribution is -2.14. The summed E-state index contributed by atoms with van der Waals surface area (Å²) in [5, 5.41) is 20.3. The second-order valence-electron chi connectivity index (χ2n) is 5.20. The van der Waals surface area contributed by atoms with Gasteiger partial charge in [-0.2, -0.15) is 0 Å². The molecule has 2 aromatic carbocycles. The molecule has 0 amide bonds. The Morgan fingerprint density at radius 3 is 2.32 bits per heavy atom. The summed E-state index contributed by atoms with van der Waals surface area (Å²) in [5.41, 5.74) is 0.788. The molecule has 25 heavy (non-hydrogen) atoms. The molecule has 0 aliphatic carbocycles. The number of aliphatic carboxylic acids is 1. The van der Waals surface area contributed by atoms with Gasteiger partial charge in [-0.25, -0.2) is 9.79 Å². The number of carboxylic acid groups (broad SMARTS) is 1. The maximum Gasteiger partial charge on any atom is 0.355 e. The molecular formula is C18H16N2O5. The van der Waals surface area contributed by atoms with Crippen LogP contribution in [0, 0.1) is 0 Å². The number of hydrogen-bond donors (Lipinski definition) is 3. The molecule has 0 atom stereocenters. The zero-order valence-electron chi connectivity index (χ0n) is 13.6. The molecule has 0 bridgehead atoms. The van der Waals surface area contributed by atoms with E-state index < -0.39 is 5.97 Å². The lowest BCUT2D eigenvalue weighted by molar-refractivity contribution is -0.129. The third kappa shape index (κ3) is 2.99. The standard InChI is InChI=1S/C18H16N2O5/c1-24-13-8-11-12(9-14(13)25-2)20-17(21)15(11)16(18(22)23)19-10-6-4-3-5-7-10/h3-9,20-21H,1-2H3,(H,22,23). The van der Waals surface area contributed by atoms with Crippen LogP contribution in [0.25, 0.3) is 10.9 Å². The zero-order chi connectivity index (χ0) is 18.0. The van der Waals surface area contributed by atoms with Crippen molar-refractivity contribution in [3.8, 4) is 17.4 Å². The van der Waals surface area contributed by atoms with Crippen molar-refractivity contribution in [2.45, 2.75) is 0 Å². The Morgan fingerprint density at radius 2 is 1.72 bits per heavy atom. The van der Waals surface area contributed by atoms with E-state index in [1.807, 2.05) is 0 Å². The van der Waals surface area contributed by atoms with E-state index in [0.717, 1.165) is 0 Å². The predicted molar refractivity (Wildman–Crippen MR) is 93.3 cm³/mol. The van der Waals surface area contributed by atoms with Crippen LogP contribution in [-0.4, -0.2) is 41.1 Å². The Balaban J connectivity index is 2.26. The molecule has 7 heteroatoms. The Morgan fingerprint density at radius 1 is 1.08 bits per heavy atom. The summed E-state index contributed by atoms with van der Waals surface area (Å²) in [4.78, 5) is 18.7. The number of nitrogens with zero attached hydrogens (tertiary/aromatic N) is 1. The van der Waals surface area contributed by atoms with Crippen molar-refractivity contribution < 1.29 is 24.5 Å². The summed E-state index contributed by atoms with van der Waals surface area (Å²) in [6, 6.07) is 11.9. The molecule has 1 aromatic heterocycles. The van der Waals surface area contributed by atoms with Gasteiger partial charge < -0.3 is 24.7 Å². The second-order valence-corrected chi connectivity index (χ2v) is 5.20. The Kier molecular flexibility index (Phi) is 4.30. The summed E-state index contributed by atoms with van der Waals surface area (Å²) < 4.78 is 10.5. The van der Waals surface area contributed by atoms with Crippen molar-refractivity contribution in [3.63, 3.8) is 0 Å². The molecule has 128 valence electrons. The summed E-state index contributed by atoms with van der Waals surface area (Å²) in [7, 11) is 2.97. The maximum atomic E-state index is 11.8. The molecule has 0 saturated heterocycles. The SMILES string of the molecule is COc1cc2[nH]c(O)c(C(=Nc3ccccc3)C(=O)O)c2cc1OC. The van der Waals surface area contributed by atoms with Crippen molar-refractivity contribution in [2.75, 3.05) is 14.2 Å². The van der Waals surface area contributed by atoms with E-state index in [1.54, 1.807) is 42.5 Å². The second kappa shape index (κ2) is 6.56. The zero-order valence-corrected chi connectivity index (χ0v) is 13.6. The summed E-state index contributed by atoms with van der Waals surface area (Å²) in [6.45, 7) is 0. The number of hydrogen-bond acceptors (Lipinski definition) is 5. The molecule has 0 radical (unpaired) electrons. The number of methoxy groups -OCH3 is 2. The third-order valence-corrected chi connectivity index (χ3v) is 3.72. The number of carbonyl (C=O) groups is 1. The number of H-pyrrole nitrogens is 1. The minimum Gasteiger partial charge on any atom is -0.494 e. The number of aliphatic imine (C=N–C) groups is 1. The van der Waals surface area contributed by atoms with Gasteiger partial charge in [-0.15, -0.1) is 0 Å². The van der Waals surface area contributed by atoms with Crippen molar-refractivity contribution in [2.24, 2.45) is 4.99 Å². The number of aromatic amines is 1. The first kappa shape index (κ1) is 16.4.